The van der Waals surface area contributed by atoms with E-state index in [-0.39, 0.29) is 17.9 Å². The van der Waals surface area contributed by atoms with Gasteiger partial charge in [-0.15, -0.1) is 0 Å². The maximum atomic E-state index is 9.23. The van der Waals surface area contributed by atoms with Crippen molar-refractivity contribution in [2.24, 2.45) is 0 Å². The van der Waals surface area contributed by atoms with Gasteiger partial charge in [-0.1, -0.05) is 15.9 Å². The van der Waals surface area contributed by atoms with Crippen molar-refractivity contribution in [3.8, 4) is 17.6 Å². The molecule has 0 heterocycles. The molecule has 0 fully saturated rings. The number of hydrogen-bond acceptors (Lipinski definition) is 3. The van der Waals surface area contributed by atoms with Crippen LogP contribution in [0, 0.1) is 11.3 Å². The van der Waals surface area contributed by atoms with E-state index in [0.717, 1.165) is 0 Å². The van der Waals surface area contributed by atoms with Gasteiger partial charge in [0.1, 0.15) is 0 Å². The van der Waals surface area contributed by atoms with Gasteiger partial charge in [0.25, 0.3) is 0 Å². The van der Waals surface area contributed by atoms with E-state index in [0.29, 0.717) is 10.0 Å². The molecule has 0 atom stereocenters. The smallest absolute Gasteiger partial charge is 0.161 e. The number of benzene rings is 1. The lowest BCUT2D eigenvalue weighted by Gasteiger charge is -2.02. The summed E-state index contributed by atoms with van der Waals surface area (Å²) in [5.41, 5.74) is 0.421. The van der Waals surface area contributed by atoms with Crippen molar-refractivity contribution in [3.63, 3.8) is 0 Å². The Kier molecular flexibility index (Phi) is 2.56. The van der Waals surface area contributed by atoms with Crippen LogP contribution in [0.4, 0.5) is 0 Å². The summed E-state index contributed by atoms with van der Waals surface area (Å²) in [6, 6.07) is 4.85. The number of aromatic hydroxyl groups is 2. The number of phenolic OH excluding ortho intramolecular Hbond substituents is 2. The summed E-state index contributed by atoms with van der Waals surface area (Å²) >= 11 is 3.14. The number of phenols is 2. The van der Waals surface area contributed by atoms with E-state index in [9.17, 15) is 5.11 Å². The van der Waals surface area contributed by atoms with E-state index in [4.69, 9.17) is 10.4 Å². The summed E-state index contributed by atoms with van der Waals surface area (Å²) in [5.74, 6) is -0.436. The highest BCUT2D eigenvalue weighted by Gasteiger charge is 2.06. The highest BCUT2D eigenvalue weighted by molar-refractivity contribution is 9.10. The molecule has 1 aromatic carbocycles. The minimum atomic E-state index is -0.222. The summed E-state index contributed by atoms with van der Waals surface area (Å²) in [6.07, 6.45) is 0.0822. The number of hydrogen-bond donors (Lipinski definition) is 2. The average Bonchev–Trinajstić information content (AvgIpc) is 2.00. The van der Waals surface area contributed by atoms with Crippen LogP contribution < -0.4 is 0 Å². The normalized spacial score (nSPS) is 9.33. The van der Waals surface area contributed by atoms with Gasteiger partial charge < -0.3 is 10.2 Å². The molecule has 0 aromatic heterocycles. The highest BCUT2D eigenvalue weighted by atomic mass is 79.9. The fraction of sp³-hybridized carbons (Fsp3) is 0.125. The van der Waals surface area contributed by atoms with E-state index >= 15 is 0 Å². The Labute approximate surface area is 78.0 Å². The molecule has 0 radical (unpaired) electrons. The molecule has 12 heavy (non-hydrogen) atoms. The molecule has 1 aromatic rings. The monoisotopic (exact) mass is 227 g/mol. The fourth-order valence-electron chi connectivity index (χ4n) is 0.860. The second-order valence-electron chi connectivity index (χ2n) is 2.27. The molecule has 3 nitrogen and oxygen atoms in total. The Hall–Kier alpha value is -1.21. The van der Waals surface area contributed by atoms with Crippen molar-refractivity contribution in [1.82, 2.24) is 0 Å². The lowest BCUT2D eigenvalue weighted by atomic mass is 10.1. The predicted octanol–water partition coefficient (Wildman–Crippen LogP) is 1.93. The lowest BCUT2D eigenvalue weighted by molar-refractivity contribution is 0.400. The molecule has 0 amide bonds. The summed E-state index contributed by atoms with van der Waals surface area (Å²) in [5, 5.41) is 26.7. The van der Waals surface area contributed by atoms with E-state index in [1.807, 2.05) is 6.07 Å². The quantitative estimate of drug-likeness (QED) is 0.721. The minimum Gasteiger partial charge on any atom is -0.504 e. The first-order chi connectivity index (χ1) is 5.65. The van der Waals surface area contributed by atoms with E-state index in [1.54, 1.807) is 6.07 Å². The molecule has 0 spiro atoms. The lowest BCUT2D eigenvalue weighted by Crippen LogP contribution is -1.83. The molecule has 0 saturated heterocycles. The van der Waals surface area contributed by atoms with Crippen molar-refractivity contribution in [3.05, 3.63) is 22.2 Å². The zero-order valence-electron chi connectivity index (χ0n) is 6.08. The van der Waals surface area contributed by atoms with E-state index in [2.05, 4.69) is 15.9 Å². The van der Waals surface area contributed by atoms with Gasteiger partial charge in [0.05, 0.1) is 12.5 Å². The molecule has 0 aliphatic rings. The zero-order valence-corrected chi connectivity index (χ0v) is 7.67. The predicted molar refractivity (Wildman–Crippen MR) is 46.8 cm³/mol. The molecule has 0 saturated carbocycles. The molecule has 0 aliphatic heterocycles. The van der Waals surface area contributed by atoms with Crippen LogP contribution in [0.5, 0.6) is 11.5 Å². The number of rotatable bonds is 1. The van der Waals surface area contributed by atoms with Crippen molar-refractivity contribution >= 4 is 15.9 Å². The van der Waals surface area contributed by atoms with Crippen LogP contribution in [-0.4, -0.2) is 10.2 Å². The third kappa shape index (κ3) is 1.69. The second kappa shape index (κ2) is 3.46. The van der Waals surface area contributed by atoms with Gasteiger partial charge in [-0.2, -0.15) is 5.26 Å². The molecule has 4 heteroatoms. The third-order valence-corrected chi connectivity index (χ3v) is 1.86. The van der Waals surface area contributed by atoms with E-state index in [1.165, 1.54) is 6.07 Å². The van der Waals surface area contributed by atoms with Crippen molar-refractivity contribution in [2.75, 3.05) is 0 Å². The molecular weight excluding hydrogens is 222 g/mol. The van der Waals surface area contributed by atoms with E-state index < -0.39 is 0 Å². The number of nitrogens with zero attached hydrogens (tertiary/aromatic N) is 1. The van der Waals surface area contributed by atoms with Crippen LogP contribution in [0.15, 0.2) is 16.6 Å². The van der Waals surface area contributed by atoms with Gasteiger partial charge in [0.15, 0.2) is 11.5 Å². The molecule has 0 unspecified atom stereocenters. The van der Waals surface area contributed by atoms with Crippen LogP contribution in [0.25, 0.3) is 0 Å². The van der Waals surface area contributed by atoms with Gasteiger partial charge in [-0.3, -0.25) is 0 Å². The van der Waals surface area contributed by atoms with Gasteiger partial charge in [0.2, 0.25) is 0 Å². The minimum absolute atomic E-state index is 0.0822. The van der Waals surface area contributed by atoms with Gasteiger partial charge in [-0.05, 0) is 12.1 Å². The first kappa shape index (κ1) is 8.88. The van der Waals surface area contributed by atoms with Gasteiger partial charge in [0, 0.05) is 10.0 Å². The van der Waals surface area contributed by atoms with Crippen LogP contribution in [0.1, 0.15) is 5.56 Å². The fourth-order valence-corrected chi connectivity index (χ4v) is 1.35. The average molecular weight is 228 g/mol. The SMILES string of the molecule is N#CCc1cc(Br)cc(O)c1O. The molecule has 62 valence electrons. The molecule has 2 N–H and O–H groups in total. The highest BCUT2D eigenvalue weighted by Crippen LogP contribution is 2.32. The van der Waals surface area contributed by atoms with Crippen molar-refractivity contribution < 1.29 is 10.2 Å². The maximum Gasteiger partial charge on any atom is 0.161 e. The topological polar surface area (TPSA) is 64.2 Å². The summed E-state index contributed by atoms with van der Waals surface area (Å²) < 4.78 is 0.642. The molecule has 1 rings (SSSR count). The summed E-state index contributed by atoms with van der Waals surface area (Å²) in [6.45, 7) is 0. The third-order valence-electron chi connectivity index (χ3n) is 1.40. The number of halogens is 1. The summed E-state index contributed by atoms with van der Waals surface area (Å²) in [7, 11) is 0. The van der Waals surface area contributed by atoms with Crippen molar-refractivity contribution in [1.29, 1.82) is 5.26 Å². The Bertz CT molecular complexity index is 344. The Morgan fingerprint density at radius 1 is 1.42 bits per heavy atom. The Morgan fingerprint density at radius 2 is 2.08 bits per heavy atom. The van der Waals surface area contributed by atoms with Gasteiger partial charge in [-0.25, -0.2) is 0 Å². The Balaban J connectivity index is 3.20. The first-order valence-corrected chi connectivity index (χ1v) is 4.01. The largest absolute Gasteiger partial charge is 0.504 e. The molecule has 0 bridgehead atoms. The summed E-state index contributed by atoms with van der Waals surface area (Å²) in [4.78, 5) is 0. The van der Waals surface area contributed by atoms with Crippen molar-refractivity contribution in [2.45, 2.75) is 6.42 Å². The standard InChI is InChI=1S/C8H6BrNO2/c9-6-3-5(1-2-10)8(12)7(11)4-6/h3-4,11-12H,1H2. The van der Waals surface area contributed by atoms with Gasteiger partial charge >= 0.3 is 0 Å². The molecule has 0 aliphatic carbocycles. The van der Waals surface area contributed by atoms with Crippen LogP contribution >= 0.6 is 15.9 Å². The maximum absolute atomic E-state index is 9.23. The van der Waals surface area contributed by atoms with Crippen LogP contribution in [-0.2, 0) is 6.42 Å². The van der Waals surface area contributed by atoms with Crippen LogP contribution in [0.2, 0.25) is 0 Å². The molecular formula is C8H6BrNO2. The Morgan fingerprint density at radius 3 is 2.67 bits per heavy atom. The zero-order chi connectivity index (χ0) is 9.14. The van der Waals surface area contributed by atoms with Crippen LogP contribution in [0.3, 0.4) is 0 Å². The first-order valence-electron chi connectivity index (χ1n) is 3.22. The second-order valence-corrected chi connectivity index (χ2v) is 3.18. The number of nitriles is 1.